The Hall–Kier alpha value is -1.35. The number of carbonyl (C=O) groups is 1. The molecule has 0 saturated carbocycles. The third-order valence-electron chi connectivity index (χ3n) is 2.54. The molecule has 0 radical (unpaired) electrons. The van der Waals surface area contributed by atoms with Crippen molar-refractivity contribution < 1.29 is 9.53 Å². The van der Waals surface area contributed by atoms with Gasteiger partial charge in [-0.2, -0.15) is 0 Å². The van der Waals surface area contributed by atoms with Gasteiger partial charge < -0.3 is 10.1 Å². The lowest BCUT2D eigenvalue weighted by Gasteiger charge is -2.10. The van der Waals surface area contributed by atoms with Crippen LogP contribution < -0.4 is 10.1 Å². The minimum absolute atomic E-state index is 0.212. The zero-order valence-electron chi connectivity index (χ0n) is 11.5. The van der Waals surface area contributed by atoms with E-state index in [9.17, 15) is 4.79 Å². The van der Waals surface area contributed by atoms with Gasteiger partial charge in [0.15, 0.2) is 0 Å². The van der Waals surface area contributed by atoms with E-state index in [1.165, 1.54) is 5.56 Å². The Morgan fingerprint density at radius 3 is 2.44 bits per heavy atom. The minimum Gasteiger partial charge on any atom is -0.491 e. The van der Waals surface area contributed by atoms with Gasteiger partial charge in [0, 0.05) is 13.0 Å². The molecular weight excluding hydrogens is 226 g/mol. The molecule has 0 aliphatic rings. The Morgan fingerprint density at radius 1 is 1.22 bits per heavy atom. The van der Waals surface area contributed by atoms with E-state index in [1.807, 2.05) is 26.0 Å². The largest absolute Gasteiger partial charge is 0.491 e. The maximum Gasteiger partial charge on any atom is 0.131 e. The summed E-state index contributed by atoms with van der Waals surface area (Å²) in [6, 6.07) is 8.19. The first-order valence-electron chi connectivity index (χ1n) is 6.53. The quantitative estimate of drug-likeness (QED) is 0.720. The van der Waals surface area contributed by atoms with Gasteiger partial charge >= 0.3 is 0 Å². The summed E-state index contributed by atoms with van der Waals surface area (Å²) in [5, 5.41) is 3.26. The number of ether oxygens (including phenoxy) is 1. The van der Waals surface area contributed by atoms with Crippen LogP contribution in [0.15, 0.2) is 24.3 Å². The van der Waals surface area contributed by atoms with Crippen molar-refractivity contribution in [1.29, 1.82) is 0 Å². The molecule has 0 spiro atoms. The molecule has 1 aromatic rings. The van der Waals surface area contributed by atoms with Gasteiger partial charge in [-0.15, -0.1) is 0 Å². The fourth-order valence-corrected chi connectivity index (χ4v) is 1.63. The number of ketones is 1. The van der Waals surface area contributed by atoms with Gasteiger partial charge in [0.25, 0.3) is 0 Å². The summed E-state index contributed by atoms with van der Waals surface area (Å²) in [6.45, 7) is 7.33. The molecule has 0 aliphatic heterocycles. The summed E-state index contributed by atoms with van der Waals surface area (Å²) in [4.78, 5) is 10.7. The summed E-state index contributed by atoms with van der Waals surface area (Å²) in [7, 11) is 0. The van der Waals surface area contributed by atoms with Crippen molar-refractivity contribution in [3.05, 3.63) is 29.8 Å². The van der Waals surface area contributed by atoms with Crippen molar-refractivity contribution in [3.63, 3.8) is 0 Å². The van der Waals surface area contributed by atoms with Gasteiger partial charge in [0.2, 0.25) is 0 Å². The summed E-state index contributed by atoms with van der Waals surface area (Å²) < 4.78 is 5.59. The average Bonchev–Trinajstić information content (AvgIpc) is 2.30. The summed E-state index contributed by atoms with van der Waals surface area (Å²) in [5.41, 5.74) is 1.28. The van der Waals surface area contributed by atoms with Crippen LogP contribution in [-0.4, -0.2) is 25.0 Å². The molecule has 3 heteroatoms. The first-order valence-corrected chi connectivity index (χ1v) is 6.53. The second-order valence-corrected chi connectivity index (χ2v) is 4.76. The number of hydrogen-bond acceptors (Lipinski definition) is 3. The highest BCUT2D eigenvalue weighted by molar-refractivity contribution is 5.75. The lowest BCUT2D eigenvalue weighted by molar-refractivity contribution is -0.116. The maximum atomic E-state index is 10.7. The molecule has 1 rings (SSSR count). The number of Topliss-reactive ketones (excluding diaryl/α,β-unsaturated/α-hetero) is 1. The maximum absolute atomic E-state index is 10.7. The minimum atomic E-state index is 0.212. The lowest BCUT2D eigenvalue weighted by atomic mass is 10.1. The van der Waals surface area contributed by atoms with Crippen LogP contribution in [0, 0.1) is 0 Å². The number of rotatable bonds is 8. The summed E-state index contributed by atoms with van der Waals surface area (Å²) >= 11 is 0. The number of benzene rings is 1. The molecule has 0 heterocycles. The van der Waals surface area contributed by atoms with E-state index < -0.39 is 0 Å². The first kappa shape index (κ1) is 14.7. The Morgan fingerprint density at radius 2 is 1.89 bits per heavy atom. The molecule has 1 N–H and O–H groups in total. The average molecular weight is 249 g/mol. The molecule has 0 aromatic heterocycles. The molecule has 0 fully saturated rings. The van der Waals surface area contributed by atoms with Crippen molar-refractivity contribution in [2.45, 2.75) is 39.7 Å². The van der Waals surface area contributed by atoms with Crippen LogP contribution in [0.2, 0.25) is 0 Å². The summed E-state index contributed by atoms with van der Waals surface area (Å²) in [6.07, 6.45) is 1.80. The van der Waals surface area contributed by atoms with Gasteiger partial charge in [0.05, 0.1) is 6.10 Å². The molecule has 3 nitrogen and oxygen atoms in total. The Kier molecular flexibility index (Phi) is 6.44. The summed E-state index contributed by atoms with van der Waals surface area (Å²) in [5.74, 6) is 1.15. The zero-order chi connectivity index (χ0) is 13.4. The highest BCUT2D eigenvalue weighted by Crippen LogP contribution is 2.13. The van der Waals surface area contributed by atoms with Gasteiger partial charge in [-0.05, 0) is 51.4 Å². The number of hydrogen-bond donors (Lipinski definition) is 1. The van der Waals surface area contributed by atoms with Crippen molar-refractivity contribution >= 4 is 5.78 Å². The molecule has 0 saturated heterocycles. The highest BCUT2D eigenvalue weighted by Gasteiger charge is 1.98. The topological polar surface area (TPSA) is 38.3 Å². The van der Waals surface area contributed by atoms with Crippen molar-refractivity contribution in [2.75, 3.05) is 13.1 Å². The fraction of sp³-hybridized carbons (Fsp3) is 0.533. The molecule has 0 aliphatic carbocycles. The third-order valence-corrected chi connectivity index (χ3v) is 2.54. The van der Waals surface area contributed by atoms with E-state index in [2.05, 4.69) is 17.4 Å². The second-order valence-electron chi connectivity index (χ2n) is 4.76. The van der Waals surface area contributed by atoms with E-state index in [4.69, 9.17) is 4.74 Å². The number of nitrogens with one attached hydrogen (secondary N) is 1. The highest BCUT2D eigenvalue weighted by atomic mass is 16.5. The molecule has 1 aromatic carbocycles. The van der Waals surface area contributed by atoms with Crippen LogP contribution in [0.1, 0.15) is 32.8 Å². The van der Waals surface area contributed by atoms with Crippen LogP contribution >= 0.6 is 0 Å². The predicted molar refractivity (Wildman–Crippen MR) is 74.1 cm³/mol. The second kappa shape index (κ2) is 7.88. The molecule has 0 atom stereocenters. The third kappa shape index (κ3) is 6.40. The van der Waals surface area contributed by atoms with E-state index >= 15 is 0 Å². The van der Waals surface area contributed by atoms with Crippen LogP contribution in [0.25, 0.3) is 0 Å². The van der Waals surface area contributed by atoms with Crippen LogP contribution in [0.5, 0.6) is 5.75 Å². The molecule has 0 unspecified atom stereocenters. The smallest absolute Gasteiger partial charge is 0.131 e. The van der Waals surface area contributed by atoms with E-state index in [-0.39, 0.29) is 11.9 Å². The monoisotopic (exact) mass is 249 g/mol. The predicted octanol–water partition coefficient (Wildman–Crippen LogP) is 2.59. The van der Waals surface area contributed by atoms with Crippen LogP contribution in [0.4, 0.5) is 0 Å². The normalized spacial score (nSPS) is 10.7. The van der Waals surface area contributed by atoms with E-state index in [0.717, 1.165) is 25.3 Å². The molecule has 100 valence electrons. The van der Waals surface area contributed by atoms with Crippen molar-refractivity contribution in [1.82, 2.24) is 5.32 Å². The van der Waals surface area contributed by atoms with Crippen molar-refractivity contribution in [3.8, 4) is 5.75 Å². The van der Waals surface area contributed by atoms with Gasteiger partial charge in [-0.1, -0.05) is 12.1 Å². The van der Waals surface area contributed by atoms with Gasteiger partial charge in [-0.25, -0.2) is 0 Å². The zero-order valence-corrected chi connectivity index (χ0v) is 11.5. The standard InChI is InChI=1S/C15H23NO2/c1-12(2)18-15-6-4-14(5-7-15)9-11-16-10-8-13(3)17/h4-7,12,16H,8-11H2,1-3H3. The SMILES string of the molecule is CC(=O)CCNCCc1ccc(OC(C)C)cc1. The Bertz CT molecular complexity index is 357. The van der Waals surface area contributed by atoms with E-state index in [0.29, 0.717) is 6.42 Å². The van der Waals surface area contributed by atoms with Gasteiger partial charge in [-0.3, -0.25) is 4.79 Å². The molecule has 0 bridgehead atoms. The molecule has 18 heavy (non-hydrogen) atoms. The Balaban J connectivity index is 2.24. The van der Waals surface area contributed by atoms with Crippen LogP contribution in [-0.2, 0) is 11.2 Å². The fourth-order valence-electron chi connectivity index (χ4n) is 1.63. The van der Waals surface area contributed by atoms with Crippen LogP contribution in [0.3, 0.4) is 0 Å². The first-order chi connectivity index (χ1) is 8.58. The number of carbonyl (C=O) groups excluding carboxylic acids is 1. The van der Waals surface area contributed by atoms with E-state index in [1.54, 1.807) is 6.92 Å². The molecular formula is C15H23NO2. The Labute approximate surface area is 110 Å². The molecule has 0 amide bonds. The van der Waals surface area contributed by atoms with Gasteiger partial charge in [0.1, 0.15) is 11.5 Å². The van der Waals surface area contributed by atoms with Crippen molar-refractivity contribution in [2.24, 2.45) is 0 Å². The lowest BCUT2D eigenvalue weighted by Crippen LogP contribution is -2.20.